The number of fused-ring (bicyclic) bond motifs is 1. The number of hydrogen-bond acceptors (Lipinski definition) is 10. The summed E-state index contributed by atoms with van der Waals surface area (Å²) in [6.45, 7) is 4.63. The number of halogens is 1. The summed E-state index contributed by atoms with van der Waals surface area (Å²) in [5.74, 6) is 2.46. The molecule has 234 valence electrons. The van der Waals surface area contributed by atoms with Gasteiger partial charge in [-0.15, -0.1) is 0 Å². The summed E-state index contributed by atoms with van der Waals surface area (Å²) in [6, 6.07) is 1.51. The molecule has 5 heterocycles. The number of aryl methyl sites for hydroxylation is 1. The van der Waals surface area contributed by atoms with E-state index in [-0.39, 0.29) is 11.8 Å². The molecule has 0 bridgehead atoms. The lowest BCUT2D eigenvalue weighted by Crippen LogP contribution is -2.51. The van der Waals surface area contributed by atoms with E-state index in [1.807, 2.05) is 30.8 Å². The van der Waals surface area contributed by atoms with Gasteiger partial charge in [-0.05, 0) is 58.3 Å². The van der Waals surface area contributed by atoms with Crippen LogP contribution in [0.4, 0.5) is 16.0 Å². The number of rotatable bonds is 10. The topological polar surface area (TPSA) is 166 Å². The standard InChI is InChI=1S/C30H35FN12O2/c1-17-10-24(41-40-17)37-27-22-12-35-43(15-19-4-5-19)28(22)39-26(38-27)20-6-8-30(45-3,9-7-20)29(44)36-18(2)23-13-33-25(14-32-23)42-16-21(31)11-34-42/h10-14,16,18-20H,4-9,15H2,1-3H3,(H,36,44)(H2,37,38,39,40,41)/t18-,20?,30?/m0/s1. The van der Waals surface area contributed by atoms with Gasteiger partial charge in [-0.3, -0.25) is 14.9 Å². The van der Waals surface area contributed by atoms with Crippen molar-refractivity contribution in [2.45, 2.75) is 76.5 Å². The van der Waals surface area contributed by atoms with Crippen LogP contribution in [0.25, 0.3) is 16.9 Å². The van der Waals surface area contributed by atoms with Crippen LogP contribution in [0.1, 0.15) is 74.6 Å². The summed E-state index contributed by atoms with van der Waals surface area (Å²) in [6.07, 6.45) is 12.0. The first-order valence-corrected chi connectivity index (χ1v) is 15.2. The van der Waals surface area contributed by atoms with Crippen molar-refractivity contribution in [3.8, 4) is 5.82 Å². The maximum absolute atomic E-state index is 13.6. The van der Waals surface area contributed by atoms with Gasteiger partial charge in [0.05, 0.1) is 48.1 Å². The molecular weight excluding hydrogens is 579 g/mol. The van der Waals surface area contributed by atoms with Crippen LogP contribution in [0.15, 0.2) is 37.1 Å². The molecule has 14 nitrogen and oxygen atoms in total. The molecule has 3 N–H and O–H groups in total. The van der Waals surface area contributed by atoms with Gasteiger partial charge in [0, 0.05) is 31.3 Å². The zero-order valence-electron chi connectivity index (χ0n) is 25.4. The van der Waals surface area contributed by atoms with Crippen LogP contribution >= 0.6 is 0 Å². The SMILES string of the molecule is COC1(C(=O)N[C@@H](C)c2cnc(-n3cc(F)cn3)cn2)CCC(c2nc(Nc3cc(C)[nH]n3)c3cnn(CC4CC4)c3n2)CC1. The minimum Gasteiger partial charge on any atom is -0.368 e. The van der Waals surface area contributed by atoms with Crippen LogP contribution < -0.4 is 10.6 Å². The molecule has 1 atom stereocenters. The minimum atomic E-state index is -0.990. The molecule has 15 heteroatoms. The van der Waals surface area contributed by atoms with E-state index >= 15 is 0 Å². The molecule has 45 heavy (non-hydrogen) atoms. The third-order valence-electron chi connectivity index (χ3n) is 8.79. The first kappa shape index (κ1) is 29.0. The molecule has 0 radical (unpaired) electrons. The highest BCUT2D eigenvalue weighted by molar-refractivity contribution is 5.88. The quantitative estimate of drug-likeness (QED) is 0.209. The number of carbonyl (C=O) groups is 1. The monoisotopic (exact) mass is 614 g/mol. The maximum atomic E-state index is 13.6. The molecule has 2 saturated carbocycles. The number of ether oxygens (including phenoxy) is 1. The summed E-state index contributed by atoms with van der Waals surface area (Å²) in [4.78, 5) is 32.3. The highest BCUT2D eigenvalue weighted by Gasteiger charge is 2.43. The summed E-state index contributed by atoms with van der Waals surface area (Å²) in [7, 11) is 1.58. The largest absolute Gasteiger partial charge is 0.368 e. The Kier molecular flexibility index (Phi) is 7.47. The molecule has 0 saturated heterocycles. The Bertz CT molecular complexity index is 1820. The third-order valence-corrected chi connectivity index (χ3v) is 8.79. The molecule has 5 aromatic rings. The molecule has 2 aliphatic rings. The molecule has 0 unspecified atom stereocenters. The number of nitrogens with one attached hydrogen (secondary N) is 3. The highest BCUT2D eigenvalue weighted by atomic mass is 19.1. The Morgan fingerprint density at radius 3 is 2.60 bits per heavy atom. The van der Waals surface area contributed by atoms with E-state index in [4.69, 9.17) is 14.7 Å². The molecule has 0 aliphatic heterocycles. The second-order valence-electron chi connectivity index (χ2n) is 12.1. The van der Waals surface area contributed by atoms with Gasteiger partial charge in [0.25, 0.3) is 5.91 Å². The first-order valence-electron chi connectivity index (χ1n) is 15.2. The second-order valence-corrected chi connectivity index (χ2v) is 12.1. The maximum Gasteiger partial charge on any atom is 0.252 e. The average Bonchev–Trinajstić information content (AvgIpc) is 3.37. The van der Waals surface area contributed by atoms with Gasteiger partial charge < -0.3 is 15.4 Å². The van der Waals surface area contributed by atoms with Crippen LogP contribution in [0, 0.1) is 18.7 Å². The number of aromatic amines is 1. The smallest absolute Gasteiger partial charge is 0.252 e. The third kappa shape index (κ3) is 5.87. The van der Waals surface area contributed by atoms with Crippen molar-refractivity contribution >= 4 is 28.6 Å². The fraction of sp³-hybridized carbons (Fsp3) is 0.467. The fourth-order valence-corrected chi connectivity index (χ4v) is 5.90. The first-order chi connectivity index (χ1) is 21.8. The lowest BCUT2D eigenvalue weighted by Gasteiger charge is -2.38. The molecule has 2 fully saturated rings. The number of H-pyrrole nitrogens is 1. The Morgan fingerprint density at radius 1 is 1.13 bits per heavy atom. The van der Waals surface area contributed by atoms with Crippen LogP contribution in [0.2, 0.25) is 0 Å². The number of methoxy groups -OCH3 is 1. The van der Waals surface area contributed by atoms with Crippen molar-refractivity contribution in [3.63, 3.8) is 0 Å². The van der Waals surface area contributed by atoms with Crippen molar-refractivity contribution in [3.05, 3.63) is 60.1 Å². The van der Waals surface area contributed by atoms with Crippen LogP contribution in [-0.2, 0) is 16.1 Å². The van der Waals surface area contributed by atoms with Gasteiger partial charge in [0.2, 0.25) is 0 Å². The Morgan fingerprint density at radius 2 is 1.96 bits per heavy atom. The van der Waals surface area contributed by atoms with Crippen LogP contribution in [0.5, 0.6) is 0 Å². The predicted molar refractivity (Wildman–Crippen MR) is 161 cm³/mol. The zero-order valence-corrected chi connectivity index (χ0v) is 25.4. The molecule has 0 aromatic carbocycles. The van der Waals surface area contributed by atoms with Crippen molar-refractivity contribution in [1.29, 1.82) is 0 Å². The molecule has 0 spiro atoms. The van der Waals surface area contributed by atoms with Gasteiger partial charge >= 0.3 is 0 Å². The number of nitrogens with zero attached hydrogens (tertiary/aromatic N) is 9. The Hall–Kier alpha value is -4.79. The van der Waals surface area contributed by atoms with Gasteiger partial charge in [-0.25, -0.2) is 28.7 Å². The van der Waals surface area contributed by atoms with E-state index in [1.54, 1.807) is 13.3 Å². The molecule has 5 aromatic heterocycles. The van der Waals surface area contributed by atoms with Gasteiger partial charge in [0.15, 0.2) is 23.1 Å². The second kappa shape index (κ2) is 11.6. The molecule has 1 amide bonds. The van der Waals surface area contributed by atoms with E-state index in [9.17, 15) is 9.18 Å². The lowest BCUT2D eigenvalue weighted by atomic mass is 9.77. The number of anilines is 2. The summed E-state index contributed by atoms with van der Waals surface area (Å²) in [5, 5.41) is 23.1. The van der Waals surface area contributed by atoms with E-state index < -0.39 is 17.5 Å². The van der Waals surface area contributed by atoms with Crippen molar-refractivity contribution in [2.75, 3.05) is 12.4 Å². The van der Waals surface area contributed by atoms with Gasteiger partial charge in [-0.2, -0.15) is 15.3 Å². The van der Waals surface area contributed by atoms with E-state index in [0.717, 1.165) is 35.3 Å². The van der Waals surface area contributed by atoms with Crippen molar-refractivity contribution in [1.82, 2.24) is 55.0 Å². The fourth-order valence-electron chi connectivity index (χ4n) is 5.90. The Balaban J connectivity index is 1.06. The number of amides is 1. The molecule has 7 rings (SSSR count). The average molecular weight is 615 g/mol. The van der Waals surface area contributed by atoms with E-state index in [2.05, 4.69) is 41.0 Å². The van der Waals surface area contributed by atoms with Crippen LogP contribution in [-0.4, -0.2) is 68.3 Å². The minimum absolute atomic E-state index is 0.0409. The molecular formula is C30H35FN12O2. The summed E-state index contributed by atoms with van der Waals surface area (Å²) >= 11 is 0. The van der Waals surface area contributed by atoms with Crippen LogP contribution in [0.3, 0.4) is 0 Å². The summed E-state index contributed by atoms with van der Waals surface area (Å²) < 4.78 is 22.5. The van der Waals surface area contributed by atoms with Crippen molar-refractivity contribution in [2.24, 2.45) is 5.92 Å². The normalized spacial score (nSPS) is 20.8. The number of hydrogen-bond donors (Lipinski definition) is 3. The number of carbonyl (C=O) groups excluding carboxylic acids is 1. The van der Waals surface area contributed by atoms with Gasteiger partial charge in [-0.1, -0.05) is 0 Å². The highest BCUT2D eigenvalue weighted by Crippen LogP contribution is 2.40. The molecule has 2 aliphatic carbocycles. The zero-order chi connectivity index (χ0) is 31.1. The lowest BCUT2D eigenvalue weighted by molar-refractivity contribution is -0.148. The van der Waals surface area contributed by atoms with Gasteiger partial charge in [0.1, 0.15) is 17.2 Å². The van der Waals surface area contributed by atoms with Crippen molar-refractivity contribution < 1.29 is 13.9 Å². The summed E-state index contributed by atoms with van der Waals surface area (Å²) in [5.41, 5.74) is 1.33. The van der Waals surface area contributed by atoms with E-state index in [1.165, 1.54) is 29.9 Å². The predicted octanol–water partition coefficient (Wildman–Crippen LogP) is 4.05. The van der Waals surface area contributed by atoms with E-state index in [0.29, 0.717) is 54.7 Å². The number of aromatic nitrogens is 10. The Labute approximate surface area is 258 Å².